The van der Waals surface area contributed by atoms with Crippen molar-refractivity contribution in [3.05, 3.63) is 73.0 Å². The van der Waals surface area contributed by atoms with Gasteiger partial charge in [-0.2, -0.15) is 0 Å². The molecule has 3 aromatic rings. The van der Waals surface area contributed by atoms with Crippen molar-refractivity contribution in [1.82, 2.24) is 0 Å². The lowest BCUT2D eigenvalue weighted by Crippen LogP contribution is -2.27. The monoisotopic (exact) mass is 534 g/mol. The van der Waals surface area contributed by atoms with Crippen molar-refractivity contribution >= 4 is 68.9 Å². The van der Waals surface area contributed by atoms with Gasteiger partial charge in [0.05, 0.1) is 10.6 Å². The van der Waals surface area contributed by atoms with Crippen molar-refractivity contribution in [3.63, 3.8) is 0 Å². The Labute approximate surface area is 218 Å². The van der Waals surface area contributed by atoms with E-state index in [9.17, 15) is 9.90 Å². The Morgan fingerprint density at radius 1 is 1.15 bits per heavy atom. The number of phenolic OH excluding ortho intramolecular Hbond substituents is 1. The number of nitrogens with one attached hydrogen (secondary N) is 1. The van der Waals surface area contributed by atoms with Crippen LogP contribution in [-0.2, 0) is 12.8 Å². The highest BCUT2D eigenvalue weighted by Gasteiger charge is 2.33. The summed E-state index contributed by atoms with van der Waals surface area (Å²) in [4.78, 5) is 19.2. The summed E-state index contributed by atoms with van der Waals surface area (Å²) in [6, 6.07) is 10.1. The Morgan fingerprint density at radius 2 is 1.85 bits per heavy atom. The van der Waals surface area contributed by atoms with Gasteiger partial charge in [-0.25, -0.2) is 4.99 Å². The normalized spacial score (nSPS) is 16.0. The SMILES string of the molecule is CC(C)(C)[C@@H]1CCc2c(sc(N=Cc3cc(Cl)cc(Cl)c3O)c2C(=O)Nc2ccc(Cl)cc2)C1. The van der Waals surface area contributed by atoms with Crippen LogP contribution in [0.2, 0.25) is 15.1 Å². The number of fused-ring (bicyclic) bond motifs is 1. The van der Waals surface area contributed by atoms with E-state index in [-0.39, 0.29) is 22.1 Å². The van der Waals surface area contributed by atoms with Crippen LogP contribution in [0.15, 0.2) is 41.4 Å². The fourth-order valence-electron chi connectivity index (χ4n) is 4.18. The number of nitrogens with zero attached hydrogens (tertiary/aromatic N) is 1. The third-order valence-electron chi connectivity index (χ3n) is 6.18. The molecule has 8 heteroatoms. The van der Waals surface area contributed by atoms with E-state index in [1.165, 1.54) is 28.5 Å². The topological polar surface area (TPSA) is 61.7 Å². The molecule has 2 aromatic carbocycles. The summed E-state index contributed by atoms with van der Waals surface area (Å²) in [7, 11) is 0. The first-order valence-corrected chi connectivity index (χ1v) is 12.9. The van der Waals surface area contributed by atoms with E-state index < -0.39 is 0 Å². The maximum atomic E-state index is 13.4. The molecule has 0 fully saturated rings. The predicted octanol–water partition coefficient (Wildman–Crippen LogP) is 8.57. The summed E-state index contributed by atoms with van der Waals surface area (Å²) >= 11 is 19.7. The molecule has 1 heterocycles. The molecule has 4 rings (SSSR count). The first-order chi connectivity index (χ1) is 16.0. The molecule has 1 amide bonds. The van der Waals surface area contributed by atoms with Gasteiger partial charge in [-0.1, -0.05) is 55.6 Å². The molecule has 2 N–H and O–H groups in total. The van der Waals surface area contributed by atoms with Gasteiger partial charge < -0.3 is 10.4 Å². The Balaban J connectivity index is 1.73. The molecule has 34 heavy (non-hydrogen) atoms. The standard InChI is InChI=1S/C26H25Cl3N2O2S/c1-26(2,3)15-4-9-19-21(11-15)34-25(30-13-14-10-17(28)12-20(29)23(14)32)22(19)24(33)31-18-7-5-16(27)6-8-18/h5-8,10,12-13,15,32H,4,9,11H2,1-3H3,(H,31,33)/t15-/m1/s1. The van der Waals surface area contributed by atoms with Crippen molar-refractivity contribution in [1.29, 1.82) is 0 Å². The van der Waals surface area contributed by atoms with Crippen LogP contribution in [0.5, 0.6) is 5.75 Å². The molecule has 0 spiro atoms. The molecule has 0 bridgehead atoms. The Kier molecular flexibility index (Phi) is 7.30. The summed E-state index contributed by atoms with van der Waals surface area (Å²) in [6.07, 6.45) is 4.25. The number of phenols is 1. The van der Waals surface area contributed by atoms with E-state index in [1.54, 1.807) is 30.3 Å². The molecule has 4 nitrogen and oxygen atoms in total. The molecule has 0 saturated heterocycles. The number of benzene rings is 2. The summed E-state index contributed by atoms with van der Waals surface area (Å²) in [5.74, 6) is 0.212. The fourth-order valence-corrected chi connectivity index (χ4v) is 6.08. The number of aromatic hydroxyl groups is 1. The third-order valence-corrected chi connectivity index (χ3v) is 8.10. The van der Waals surface area contributed by atoms with Gasteiger partial charge in [0.2, 0.25) is 0 Å². The molecule has 1 aliphatic carbocycles. The van der Waals surface area contributed by atoms with Gasteiger partial charge in [-0.05, 0) is 72.6 Å². The van der Waals surface area contributed by atoms with Gasteiger partial charge in [-0.3, -0.25) is 4.79 Å². The molecule has 0 saturated carbocycles. The molecule has 0 aliphatic heterocycles. The number of anilines is 1. The highest BCUT2D eigenvalue weighted by Crippen LogP contribution is 2.45. The van der Waals surface area contributed by atoms with Gasteiger partial charge in [0.25, 0.3) is 5.91 Å². The van der Waals surface area contributed by atoms with Crippen LogP contribution in [0.25, 0.3) is 0 Å². The van der Waals surface area contributed by atoms with Gasteiger partial charge in [0, 0.05) is 32.4 Å². The highest BCUT2D eigenvalue weighted by atomic mass is 35.5. The van der Waals surface area contributed by atoms with Gasteiger partial charge >= 0.3 is 0 Å². The molecule has 0 radical (unpaired) electrons. The van der Waals surface area contributed by atoms with Crippen molar-refractivity contribution in [2.75, 3.05) is 5.32 Å². The van der Waals surface area contributed by atoms with Crippen LogP contribution in [0.1, 0.15) is 53.6 Å². The minimum Gasteiger partial charge on any atom is -0.506 e. The number of aliphatic imine (C=N–C) groups is 1. The van der Waals surface area contributed by atoms with Crippen LogP contribution < -0.4 is 5.32 Å². The number of hydrogen-bond donors (Lipinski definition) is 2. The lowest BCUT2D eigenvalue weighted by atomic mass is 9.72. The minimum absolute atomic E-state index is 0.101. The zero-order valence-electron chi connectivity index (χ0n) is 19.1. The number of rotatable bonds is 4. The van der Waals surface area contributed by atoms with E-state index in [4.69, 9.17) is 34.8 Å². The number of halogens is 3. The Hall–Kier alpha value is -2.05. The molecular formula is C26H25Cl3N2O2S. The van der Waals surface area contributed by atoms with Crippen molar-refractivity contribution in [2.45, 2.75) is 40.0 Å². The summed E-state index contributed by atoms with van der Waals surface area (Å²) in [5.41, 5.74) is 2.86. The van der Waals surface area contributed by atoms with Crippen molar-refractivity contribution in [3.8, 4) is 5.75 Å². The van der Waals surface area contributed by atoms with E-state index in [0.717, 1.165) is 24.8 Å². The maximum absolute atomic E-state index is 13.4. The van der Waals surface area contributed by atoms with Gasteiger partial charge in [-0.15, -0.1) is 11.3 Å². The largest absolute Gasteiger partial charge is 0.506 e. The average Bonchev–Trinajstić information content (AvgIpc) is 3.14. The number of carbonyl (C=O) groups excluding carboxylic acids is 1. The fraction of sp³-hybridized carbons (Fsp3) is 0.308. The predicted molar refractivity (Wildman–Crippen MR) is 144 cm³/mol. The Bertz CT molecular complexity index is 1260. The summed E-state index contributed by atoms with van der Waals surface area (Å²) in [5, 5.41) is 15.0. The van der Waals surface area contributed by atoms with Crippen LogP contribution in [0, 0.1) is 11.3 Å². The van der Waals surface area contributed by atoms with Crippen molar-refractivity contribution in [2.24, 2.45) is 16.3 Å². The first kappa shape index (κ1) is 25.1. The third kappa shape index (κ3) is 5.44. The van der Waals surface area contributed by atoms with E-state index in [1.807, 2.05) is 0 Å². The molecule has 1 aromatic heterocycles. The molecule has 1 atom stereocenters. The molecule has 1 aliphatic rings. The zero-order valence-corrected chi connectivity index (χ0v) is 22.2. The lowest BCUT2D eigenvalue weighted by molar-refractivity contribution is 0.102. The minimum atomic E-state index is -0.213. The highest BCUT2D eigenvalue weighted by molar-refractivity contribution is 7.16. The number of amides is 1. The number of carbonyl (C=O) groups is 1. The summed E-state index contributed by atoms with van der Waals surface area (Å²) < 4.78 is 0. The Morgan fingerprint density at radius 3 is 2.53 bits per heavy atom. The second-order valence-corrected chi connectivity index (χ2v) is 11.9. The van der Waals surface area contributed by atoms with Crippen LogP contribution in [0.3, 0.4) is 0 Å². The maximum Gasteiger partial charge on any atom is 0.259 e. The summed E-state index contributed by atoms with van der Waals surface area (Å²) in [6.45, 7) is 6.78. The second kappa shape index (κ2) is 9.90. The first-order valence-electron chi connectivity index (χ1n) is 11.0. The van der Waals surface area contributed by atoms with E-state index in [0.29, 0.717) is 37.8 Å². The van der Waals surface area contributed by atoms with Crippen molar-refractivity contribution < 1.29 is 9.90 Å². The van der Waals surface area contributed by atoms with Gasteiger partial charge in [0.15, 0.2) is 0 Å². The van der Waals surface area contributed by atoms with Crippen LogP contribution in [0.4, 0.5) is 10.7 Å². The smallest absolute Gasteiger partial charge is 0.259 e. The molecule has 0 unspecified atom stereocenters. The average molecular weight is 536 g/mol. The molecular weight excluding hydrogens is 511 g/mol. The van der Waals surface area contributed by atoms with E-state index >= 15 is 0 Å². The lowest BCUT2D eigenvalue weighted by Gasteiger charge is -2.33. The number of thiophene rings is 1. The quantitative estimate of drug-likeness (QED) is 0.329. The van der Waals surface area contributed by atoms with Crippen LogP contribution in [-0.4, -0.2) is 17.2 Å². The van der Waals surface area contributed by atoms with Crippen LogP contribution >= 0.6 is 46.1 Å². The second-order valence-electron chi connectivity index (χ2n) is 9.53. The zero-order chi connectivity index (χ0) is 24.6. The number of hydrogen-bond acceptors (Lipinski definition) is 4. The van der Waals surface area contributed by atoms with E-state index in [2.05, 4.69) is 31.1 Å². The van der Waals surface area contributed by atoms with Gasteiger partial charge in [0.1, 0.15) is 10.8 Å². The molecule has 178 valence electrons.